The van der Waals surface area contributed by atoms with Gasteiger partial charge >= 0.3 is 12.0 Å². The van der Waals surface area contributed by atoms with Gasteiger partial charge in [0, 0.05) is 14.7 Å². The Bertz CT molecular complexity index is 360. The highest BCUT2D eigenvalue weighted by atomic mass is 16.4. The molecule has 0 aromatic heterocycles. The van der Waals surface area contributed by atoms with Crippen LogP contribution in [-0.4, -0.2) is 29.6 Å². The van der Waals surface area contributed by atoms with E-state index in [0.717, 1.165) is 0 Å². The fourth-order valence-corrected chi connectivity index (χ4v) is 0.268. The van der Waals surface area contributed by atoms with Gasteiger partial charge in [0.05, 0.1) is 0 Å². The summed E-state index contributed by atoms with van der Waals surface area (Å²) in [5.41, 5.74) is 9.61. The maximum Gasteiger partial charge on any atom is 0.320 e. The van der Waals surface area contributed by atoms with Crippen LogP contribution in [0.1, 0.15) is 21.0 Å². The van der Waals surface area contributed by atoms with Crippen molar-refractivity contribution in [3.63, 3.8) is 0 Å². The first kappa shape index (κ1) is 4.08. The largest absolute Gasteiger partial charge is 0.480 e. The second-order valence-electron chi connectivity index (χ2n) is 1.70. The summed E-state index contributed by atoms with van der Waals surface area (Å²) in [6.07, 6.45) is -6.71. The van der Waals surface area contributed by atoms with Gasteiger partial charge in [-0.1, -0.05) is 0 Å². The lowest BCUT2D eigenvalue weighted by atomic mass is 10.2. The number of primary amides is 1. The number of aliphatic carboxylic acids is 1. The van der Waals surface area contributed by atoms with Crippen molar-refractivity contribution in [2.75, 3.05) is 6.50 Å². The fourth-order valence-electron chi connectivity index (χ4n) is 0.268. The van der Waals surface area contributed by atoms with Crippen LogP contribution >= 0.6 is 0 Å². The highest BCUT2D eigenvalue weighted by Gasteiger charge is 2.09. The van der Waals surface area contributed by atoms with Gasteiger partial charge in [-0.2, -0.15) is 0 Å². The van der Waals surface area contributed by atoms with E-state index in [0.29, 0.717) is 0 Å². The van der Waals surface area contributed by atoms with Crippen molar-refractivity contribution in [3.8, 4) is 0 Å². The van der Waals surface area contributed by atoms with Crippen LogP contribution in [0.3, 0.4) is 0 Å². The van der Waals surface area contributed by atoms with Gasteiger partial charge in [0.1, 0.15) is 6.04 Å². The lowest BCUT2D eigenvalue weighted by Gasteiger charge is -2.05. The molecule has 0 radical (unpaired) electrons. The number of amides is 2. The van der Waals surface area contributed by atoms with Crippen LogP contribution in [0.2, 0.25) is 0 Å². The number of urea groups is 1. The number of rotatable bonds is 5. The topological polar surface area (TPSA) is 118 Å². The molecule has 0 saturated carbocycles. The monoisotopic (exact) mass is 181 g/mol. The van der Waals surface area contributed by atoms with Crippen LogP contribution in [0.15, 0.2) is 0 Å². The Balaban J connectivity index is 5.47. The molecule has 0 aliphatic rings. The second-order valence-corrected chi connectivity index (χ2v) is 1.70. The van der Waals surface area contributed by atoms with Crippen molar-refractivity contribution >= 4 is 12.0 Å². The minimum absolute atomic E-state index is 1.37. The molecule has 0 heterocycles. The van der Waals surface area contributed by atoms with Crippen LogP contribution in [0.5, 0.6) is 0 Å². The zero-order valence-corrected chi connectivity index (χ0v) is 6.00. The van der Waals surface area contributed by atoms with Gasteiger partial charge in [-0.3, -0.25) is 4.79 Å². The smallest absolute Gasteiger partial charge is 0.320 e. The number of hydrogen-bond acceptors (Lipinski definition) is 3. The van der Waals surface area contributed by atoms with Crippen LogP contribution in [0.25, 0.3) is 0 Å². The molecule has 0 rings (SSSR count). The zero-order valence-electron chi connectivity index (χ0n) is 12.0. The maximum atomic E-state index is 10.6. The Hall–Kier alpha value is -1.30. The fraction of sp³-hybridized carbons (Fsp3) is 0.667. The average molecular weight is 181 g/mol. The van der Waals surface area contributed by atoms with E-state index in [1.54, 1.807) is 0 Å². The van der Waals surface area contributed by atoms with Gasteiger partial charge < -0.3 is 21.9 Å². The summed E-state index contributed by atoms with van der Waals surface area (Å²) in [6.45, 7) is -3.24. The summed E-state index contributed by atoms with van der Waals surface area (Å²) in [4.78, 5) is 21.1. The van der Waals surface area contributed by atoms with Crippen molar-refractivity contribution < 1.29 is 22.9 Å². The minimum atomic E-state index is -3.42. The summed E-state index contributed by atoms with van der Waals surface area (Å²) >= 11 is 0. The van der Waals surface area contributed by atoms with E-state index in [1.165, 1.54) is 5.32 Å². The van der Waals surface area contributed by atoms with E-state index < -0.39 is 37.3 Å². The third-order valence-electron chi connectivity index (χ3n) is 0.742. The quantitative estimate of drug-likeness (QED) is 0.428. The predicted octanol–water partition coefficient (Wildman–Crippen LogP) is -1.15. The van der Waals surface area contributed by atoms with Crippen molar-refractivity contribution in [2.45, 2.75) is 18.8 Å². The lowest BCUT2D eigenvalue weighted by Crippen LogP contribution is -2.33. The van der Waals surface area contributed by atoms with E-state index in [-0.39, 0.29) is 0 Å². The molecule has 0 aliphatic carbocycles. The third kappa shape index (κ3) is 5.48. The van der Waals surface area contributed by atoms with Gasteiger partial charge in [-0.05, 0) is 12.7 Å². The lowest BCUT2D eigenvalue weighted by molar-refractivity contribution is -0.138. The van der Waals surface area contributed by atoms with Crippen molar-refractivity contribution in [1.29, 1.82) is 0 Å². The summed E-state index contributed by atoms with van der Waals surface area (Å²) in [5, 5.41) is 9.93. The molecule has 70 valence electrons. The number of nitrogens with one attached hydrogen (secondary N) is 1. The molecule has 0 aromatic rings. The van der Waals surface area contributed by atoms with Gasteiger partial charge in [-0.15, -0.1) is 0 Å². The molecule has 0 saturated heterocycles. The van der Waals surface area contributed by atoms with E-state index >= 15 is 0 Å². The molecule has 0 bridgehead atoms. The molecule has 0 unspecified atom stereocenters. The Morgan fingerprint density at radius 1 is 1.67 bits per heavy atom. The first-order chi connectivity index (χ1) is 7.77. The molecular weight excluding hydrogens is 162 g/mol. The molecule has 6 nitrogen and oxygen atoms in total. The van der Waals surface area contributed by atoms with Gasteiger partial charge in [0.25, 0.3) is 0 Å². The molecule has 0 aromatic carbocycles. The summed E-state index contributed by atoms with van der Waals surface area (Å²) in [5.74, 6) is -1.85. The number of hydrogen-bond donors (Lipinski definition) is 4. The van der Waals surface area contributed by atoms with E-state index in [9.17, 15) is 9.59 Å². The first-order valence-corrected chi connectivity index (χ1v) is 2.83. The van der Waals surface area contributed by atoms with E-state index in [2.05, 4.69) is 5.73 Å². The van der Waals surface area contributed by atoms with Crippen LogP contribution in [-0.2, 0) is 4.79 Å². The molecule has 6 heteroatoms. The van der Waals surface area contributed by atoms with Gasteiger partial charge in [-0.25, -0.2) is 4.79 Å². The highest BCUT2D eigenvalue weighted by molar-refractivity contribution is 5.73. The summed E-state index contributed by atoms with van der Waals surface area (Å²) in [6, 6.07) is -3.75. The molecule has 0 fully saturated rings. The average Bonchev–Trinajstić information content (AvgIpc) is 2.13. The molecule has 12 heavy (non-hydrogen) atoms. The van der Waals surface area contributed by atoms with Crippen LogP contribution in [0, 0.1) is 0 Å². The second kappa shape index (κ2) is 5.36. The summed E-state index contributed by atoms with van der Waals surface area (Å²) < 4.78 is 43.8. The normalized spacial score (nSPS) is 23.1. The zero-order chi connectivity index (χ0) is 14.9. The molecule has 0 aliphatic heterocycles. The molecule has 2 amide bonds. The Morgan fingerprint density at radius 2 is 2.25 bits per heavy atom. The maximum absolute atomic E-state index is 10.6. The molecule has 1 atom stereocenters. The summed E-state index contributed by atoms with van der Waals surface area (Å²) in [7, 11) is 0. The van der Waals surface area contributed by atoms with E-state index in [4.69, 9.17) is 19.1 Å². The van der Waals surface area contributed by atoms with Crippen molar-refractivity contribution in [3.05, 3.63) is 0 Å². The number of carbonyl (C=O) groups is 2. The number of carboxylic acids is 1. The van der Waals surface area contributed by atoms with Crippen LogP contribution in [0.4, 0.5) is 4.79 Å². The first-order valence-electron chi connectivity index (χ1n) is 5.83. The number of nitrogens with two attached hydrogens (primary N) is 2. The Kier molecular flexibility index (Phi) is 1.83. The minimum Gasteiger partial charge on any atom is -0.480 e. The SMILES string of the molecule is [2H]C([2H])(NC(N)=O)C([2H])([2H])C([2H])([2H])[C@@H](N)C(=O)O. The van der Waals surface area contributed by atoms with Gasteiger partial charge in [0.15, 0.2) is 0 Å². The van der Waals surface area contributed by atoms with E-state index in [1.807, 2.05) is 0 Å². The van der Waals surface area contributed by atoms with Crippen molar-refractivity contribution in [1.82, 2.24) is 5.32 Å². The van der Waals surface area contributed by atoms with Crippen LogP contribution < -0.4 is 16.8 Å². The number of carbonyl (C=O) groups excluding carboxylic acids is 1. The highest BCUT2D eigenvalue weighted by Crippen LogP contribution is 1.92. The Labute approximate surface area is 78.3 Å². The third-order valence-corrected chi connectivity index (χ3v) is 0.742. The molecule has 6 N–H and O–H groups in total. The van der Waals surface area contributed by atoms with Gasteiger partial charge in [0.2, 0.25) is 0 Å². The molecule has 0 spiro atoms. The number of carboxylic acid groups (broad SMARTS) is 1. The van der Waals surface area contributed by atoms with Crippen molar-refractivity contribution in [2.24, 2.45) is 11.5 Å². The standard InChI is InChI=1S/C6H13N3O3/c7-4(5(10)11)2-1-3-9-6(8)12/h4H,1-3,7H2,(H,10,11)(H3,8,9,12)/t4-/m1/s1/i1D2,2D2,3D2. The molecular formula is C6H13N3O3. The Morgan fingerprint density at radius 3 is 2.67 bits per heavy atom. The predicted molar refractivity (Wildman–Crippen MR) is 42.4 cm³/mol.